The first kappa shape index (κ1) is 18.5. The van der Waals surface area contributed by atoms with Crippen molar-refractivity contribution in [2.24, 2.45) is 5.41 Å². The first-order chi connectivity index (χ1) is 13.3. The number of carbonyl (C=O) groups excluding carboxylic acids is 1. The third kappa shape index (κ3) is 3.37. The van der Waals surface area contributed by atoms with E-state index in [4.69, 9.17) is 4.74 Å². The van der Waals surface area contributed by atoms with Crippen LogP contribution in [0.4, 0.5) is 4.79 Å². The number of fused-ring (bicyclic) bond motifs is 3. The molecule has 1 fully saturated rings. The maximum absolute atomic E-state index is 12.5. The van der Waals surface area contributed by atoms with E-state index in [1.807, 2.05) is 24.3 Å². The van der Waals surface area contributed by atoms with Gasteiger partial charge in [0, 0.05) is 5.92 Å². The van der Waals surface area contributed by atoms with Crippen LogP contribution in [0.1, 0.15) is 50.2 Å². The van der Waals surface area contributed by atoms with Crippen molar-refractivity contribution in [1.82, 2.24) is 5.32 Å². The van der Waals surface area contributed by atoms with Gasteiger partial charge in [0.05, 0.1) is 12.0 Å². The number of aliphatic carboxylic acids is 1. The molecule has 28 heavy (non-hydrogen) atoms. The number of hydrogen-bond acceptors (Lipinski definition) is 3. The Labute approximate surface area is 164 Å². The smallest absolute Gasteiger partial charge is 0.407 e. The van der Waals surface area contributed by atoms with Gasteiger partial charge in [-0.05, 0) is 40.5 Å². The fourth-order valence-corrected chi connectivity index (χ4v) is 5.18. The molecule has 1 saturated carbocycles. The number of nitrogens with one attached hydrogen (secondary N) is 1. The summed E-state index contributed by atoms with van der Waals surface area (Å²) in [5.41, 5.74) is 3.98. The molecule has 5 nitrogen and oxygen atoms in total. The van der Waals surface area contributed by atoms with Gasteiger partial charge in [-0.25, -0.2) is 4.79 Å². The Morgan fingerprint density at radius 2 is 1.57 bits per heavy atom. The third-order valence-corrected chi connectivity index (χ3v) is 5.83. The summed E-state index contributed by atoms with van der Waals surface area (Å²) in [4.78, 5) is 23.7. The fourth-order valence-electron chi connectivity index (χ4n) is 5.18. The molecule has 2 aliphatic rings. The summed E-state index contributed by atoms with van der Waals surface area (Å²) in [6, 6.07) is 16.3. The molecule has 0 radical (unpaired) electrons. The summed E-state index contributed by atoms with van der Waals surface area (Å²) in [7, 11) is 0. The van der Waals surface area contributed by atoms with Crippen LogP contribution in [0.3, 0.4) is 0 Å². The maximum atomic E-state index is 12.5. The average Bonchev–Trinajstić information content (AvgIpc) is 2.91. The lowest BCUT2D eigenvalue weighted by Crippen LogP contribution is -2.61. The maximum Gasteiger partial charge on any atom is 0.407 e. The number of ether oxygens (including phenoxy) is 1. The van der Waals surface area contributed by atoms with E-state index in [9.17, 15) is 14.7 Å². The normalized spacial score (nSPS) is 18.5. The number of carbonyl (C=O) groups is 2. The van der Waals surface area contributed by atoms with Crippen LogP contribution in [0.2, 0.25) is 0 Å². The summed E-state index contributed by atoms with van der Waals surface area (Å²) in [6.45, 7) is 4.38. The Bertz CT molecular complexity index is 880. The molecule has 0 unspecified atom stereocenters. The first-order valence-electron chi connectivity index (χ1n) is 9.64. The highest BCUT2D eigenvalue weighted by molar-refractivity contribution is 5.79. The molecule has 0 aromatic heterocycles. The zero-order valence-corrected chi connectivity index (χ0v) is 16.2. The van der Waals surface area contributed by atoms with Gasteiger partial charge < -0.3 is 15.2 Å². The molecule has 1 amide bonds. The Morgan fingerprint density at radius 3 is 2.07 bits per heavy atom. The molecular formula is C23H25NO4. The standard InChI is InChI=1S/C23H25NO4/c1-22(2)13-23(14-22,11-20(25)26)24-21(27)28-12-19-17-9-5-3-7-15(17)16-8-4-6-10-18(16)19/h3-10,19H,11-14H2,1-2H3,(H,24,27)(H,25,26). The number of amides is 1. The largest absolute Gasteiger partial charge is 0.481 e. The lowest BCUT2D eigenvalue weighted by molar-refractivity contribution is -0.141. The van der Waals surface area contributed by atoms with Crippen LogP contribution in [0.5, 0.6) is 0 Å². The molecule has 0 bridgehead atoms. The van der Waals surface area contributed by atoms with Gasteiger partial charge in [-0.15, -0.1) is 0 Å². The van der Waals surface area contributed by atoms with Gasteiger partial charge in [-0.1, -0.05) is 62.4 Å². The quantitative estimate of drug-likeness (QED) is 0.799. The molecule has 0 heterocycles. The van der Waals surface area contributed by atoms with Crippen LogP contribution in [-0.4, -0.2) is 29.3 Å². The second-order valence-corrected chi connectivity index (χ2v) is 8.82. The zero-order chi connectivity index (χ0) is 19.9. The Morgan fingerprint density at radius 1 is 1.04 bits per heavy atom. The molecule has 2 aliphatic carbocycles. The third-order valence-electron chi connectivity index (χ3n) is 5.83. The van der Waals surface area contributed by atoms with E-state index in [2.05, 4.69) is 43.4 Å². The number of benzene rings is 2. The highest BCUT2D eigenvalue weighted by Crippen LogP contribution is 2.50. The molecule has 0 saturated heterocycles. The molecule has 5 heteroatoms. The van der Waals surface area contributed by atoms with Crippen LogP contribution >= 0.6 is 0 Å². The van der Waals surface area contributed by atoms with Gasteiger partial charge in [0.2, 0.25) is 0 Å². The number of rotatable bonds is 5. The second kappa shape index (κ2) is 6.66. The van der Waals surface area contributed by atoms with Gasteiger partial charge in [-0.2, -0.15) is 0 Å². The lowest BCUT2D eigenvalue weighted by atomic mass is 9.58. The predicted molar refractivity (Wildman–Crippen MR) is 106 cm³/mol. The summed E-state index contributed by atoms with van der Waals surface area (Å²) in [5.74, 6) is -0.916. The van der Waals surface area contributed by atoms with E-state index in [0.717, 1.165) is 11.1 Å². The van der Waals surface area contributed by atoms with Crippen molar-refractivity contribution in [2.75, 3.05) is 6.61 Å². The number of carboxylic acid groups (broad SMARTS) is 1. The molecule has 4 rings (SSSR count). The summed E-state index contributed by atoms with van der Waals surface area (Å²) in [5, 5.41) is 12.1. The van der Waals surface area contributed by atoms with E-state index >= 15 is 0 Å². The molecule has 2 N–H and O–H groups in total. The van der Waals surface area contributed by atoms with E-state index in [1.54, 1.807) is 0 Å². The lowest BCUT2D eigenvalue weighted by Gasteiger charge is -2.52. The van der Waals surface area contributed by atoms with E-state index in [0.29, 0.717) is 12.8 Å². The van der Waals surface area contributed by atoms with E-state index < -0.39 is 17.6 Å². The van der Waals surface area contributed by atoms with Crippen molar-refractivity contribution in [1.29, 1.82) is 0 Å². The average molecular weight is 379 g/mol. The van der Waals surface area contributed by atoms with Crippen LogP contribution in [-0.2, 0) is 9.53 Å². The van der Waals surface area contributed by atoms with Crippen molar-refractivity contribution in [2.45, 2.75) is 44.6 Å². The van der Waals surface area contributed by atoms with Gasteiger partial charge in [-0.3, -0.25) is 4.79 Å². The summed E-state index contributed by atoms with van der Waals surface area (Å²) in [6.07, 6.45) is 0.645. The molecule has 0 spiro atoms. The minimum Gasteiger partial charge on any atom is -0.481 e. The topological polar surface area (TPSA) is 75.6 Å². The van der Waals surface area contributed by atoms with E-state index in [1.165, 1.54) is 11.1 Å². The Kier molecular flexibility index (Phi) is 4.41. The van der Waals surface area contributed by atoms with Crippen molar-refractivity contribution < 1.29 is 19.4 Å². The fraction of sp³-hybridized carbons (Fsp3) is 0.391. The molecule has 2 aromatic rings. The second-order valence-electron chi connectivity index (χ2n) is 8.82. The highest BCUT2D eigenvalue weighted by Gasteiger charge is 2.51. The first-order valence-corrected chi connectivity index (χ1v) is 9.64. The Hall–Kier alpha value is -2.82. The van der Waals surface area contributed by atoms with Crippen molar-refractivity contribution in [3.63, 3.8) is 0 Å². The zero-order valence-electron chi connectivity index (χ0n) is 16.2. The van der Waals surface area contributed by atoms with Gasteiger partial charge in [0.15, 0.2) is 0 Å². The minimum atomic E-state index is -0.908. The minimum absolute atomic E-state index is 0.00796. The van der Waals surface area contributed by atoms with E-state index in [-0.39, 0.29) is 24.4 Å². The van der Waals surface area contributed by atoms with Gasteiger partial charge in [0.1, 0.15) is 6.61 Å². The number of carboxylic acids is 1. The number of alkyl carbamates (subject to hydrolysis) is 1. The molecule has 0 aliphatic heterocycles. The van der Waals surface area contributed by atoms with Crippen LogP contribution in [0.15, 0.2) is 48.5 Å². The molecule has 2 aromatic carbocycles. The molecular weight excluding hydrogens is 354 g/mol. The van der Waals surface area contributed by atoms with Gasteiger partial charge in [0.25, 0.3) is 0 Å². The number of hydrogen-bond donors (Lipinski definition) is 2. The van der Waals surface area contributed by atoms with Crippen LogP contribution in [0, 0.1) is 5.41 Å². The summed E-state index contributed by atoms with van der Waals surface area (Å²) >= 11 is 0. The van der Waals surface area contributed by atoms with Crippen LogP contribution in [0.25, 0.3) is 11.1 Å². The highest BCUT2D eigenvalue weighted by atomic mass is 16.5. The summed E-state index contributed by atoms with van der Waals surface area (Å²) < 4.78 is 5.58. The van der Waals surface area contributed by atoms with Crippen molar-refractivity contribution >= 4 is 12.1 Å². The molecule has 0 atom stereocenters. The SMILES string of the molecule is CC1(C)CC(CC(=O)O)(NC(=O)OCC2c3ccccc3-c3ccccc32)C1. The van der Waals surface area contributed by atoms with Crippen molar-refractivity contribution in [3.8, 4) is 11.1 Å². The Balaban J connectivity index is 1.46. The monoisotopic (exact) mass is 379 g/mol. The van der Waals surface area contributed by atoms with Crippen molar-refractivity contribution in [3.05, 3.63) is 59.7 Å². The molecule has 146 valence electrons. The van der Waals surface area contributed by atoms with Crippen LogP contribution < -0.4 is 5.32 Å². The van der Waals surface area contributed by atoms with Gasteiger partial charge >= 0.3 is 12.1 Å². The predicted octanol–water partition coefficient (Wildman–Crippen LogP) is 4.56.